The van der Waals surface area contributed by atoms with Crippen LogP contribution in [0.25, 0.3) is 0 Å². The van der Waals surface area contributed by atoms with Gasteiger partial charge in [-0.3, -0.25) is 4.90 Å². The van der Waals surface area contributed by atoms with Crippen LogP contribution in [0.4, 0.5) is 4.79 Å². The number of rotatable bonds is 6. The maximum absolute atomic E-state index is 12.6. The first-order valence-corrected chi connectivity index (χ1v) is 9.05. The largest absolute Gasteiger partial charge is 0.444 e. The molecule has 144 valence electrons. The number of carbonyl (C=O) groups is 1. The van der Waals surface area contributed by atoms with E-state index in [-0.39, 0.29) is 13.2 Å². The van der Waals surface area contributed by atoms with Gasteiger partial charge >= 0.3 is 6.09 Å². The Morgan fingerprint density at radius 3 is 2.52 bits per heavy atom. The molecule has 0 aliphatic carbocycles. The van der Waals surface area contributed by atoms with E-state index < -0.39 is 24.5 Å². The number of aliphatic hydroxyl groups excluding tert-OH is 1. The van der Waals surface area contributed by atoms with Crippen molar-refractivity contribution in [1.82, 2.24) is 4.90 Å². The Morgan fingerprint density at radius 2 is 1.85 bits per heavy atom. The predicted octanol–water partition coefficient (Wildman–Crippen LogP) is 3.12. The van der Waals surface area contributed by atoms with Crippen molar-refractivity contribution < 1.29 is 24.1 Å². The minimum Gasteiger partial charge on any atom is -0.444 e. The molecule has 1 fully saturated rings. The lowest BCUT2D eigenvalue weighted by molar-refractivity contribution is -0.170. The third kappa shape index (κ3) is 5.29. The zero-order valence-corrected chi connectivity index (χ0v) is 15.4. The van der Waals surface area contributed by atoms with Gasteiger partial charge < -0.3 is 19.3 Å². The van der Waals surface area contributed by atoms with Crippen LogP contribution in [0, 0.1) is 0 Å². The Balaban J connectivity index is 1.70. The molecule has 0 radical (unpaired) electrons. The number of hydrogen-bond acceptors (Lipinski definition) is 5. The molecule has 2 aromatic rings. The smallest absolute Gasteiger partial charge is 0.412 e. The van der Waals surface area contributed by atoms with E-state index in [0.717, 1.165) is 11.1 Å². The fourth-order valence-corrected chi connectivity index (χ4v) is 2.92. The van der Waals surface area contributed by atoms with Crippen LogP contribution in [0.3, 0.4) is 0 Å². The Morgan fingerprint density at radius 1 is 1.19 bits per heavy atom. The lowest BCUT2D eigenvalue weighted by Crippen LogP contribution is -2.43. The molecular formula is C21H25NO5. The van der Waals surface area contributed by atoms with Crippen LogP contribution in [0.15, 0.2) is 60.7 Å². The number of ether oxygens (including phenoxy) is 3. The first-order chi connectivity index (χ1) is 13.1. The Hall–Kier alpha value is -2.41. The number of aliphatic hydroxyl groups is 1. The van der Waals surface area contributed by atoms with Crippen molar-refractivity contribution in [2.75, 3.05) is 20.3 Å². The minimum absolute atomic E-state index is 0.181. The van der Waals surface area contributed by atoms with Crippen LogP contribution in [0.2, 0.25) is 0 Å². The fraction of sp³-hybridized carbons (Fsp3) is 0.381. The maximum Gasteiger partial charge on any atom is 0.412 e. The molecule has 6 nitrogen and oxygen atoms in total. The van der Waals surface area contributed by atoms with Gasteiger partial charge in [0.1, 0.15) is 12.7 Å². The van der Waals surface area contributed by atoms with E-state index in [4.69, 9.17) is 14.2 Å². The molecule has 1 amide bonds. The van der Waals surface area contributed by atoms with Crippen molar-refractivity contribution in [1.29, 1.82) is 0 Å². The van der Waals surface area contributed by atoms with Crippen molar-refractivity contribution in [2.24, 2.45) is 0 Å². The number of nitrogens with zero attached hydrogens (tertiary/aromatic N) is 1. The van der Waals surface area contributed by atoms with Crippen LogP contribution < -0.4 is 0 Å². The second-order valence-electron chi connectivity index (χ2n) is 6.52. The topological polar surface area (TPSA) is 68.2 Å². The highest BCUT2D eigenvalue weighted by Crippen LogP contribution is 2.26. The quantitative estimate of drug-likeness (QED) is 0.790. The Kier molecular flexibility index (Phi) is 6.81. The van der Waals surface area contributed by atoms with E-state index in [1.54, 1.807) is 7.05 Å². The predicted molar refractivity (Wildman–Crippen MR) is 99.9 cm³/mol. The molecule has 3 atom stereocenters. The molecule has 6 heteroatoms. The molecule has 0 saturated carbocycles. The minimum atomic E-state index is -0.684. The summed E-state index contributed by atoms with van der Waals surface area (Å²) in [5, 5.41) is 10.2. The number of carbonyl (C=O) groups excluding carboxylic acids is 1. The van der Waals surface area contributed by atoms with Crippen LogP contribution in [-0.2, 0) is 20.8 Å². The molecule has 3 rings (SSSR count). The molecular weight excluding hydrogens is 346 g/mol. The van der Waals surface area contributed by atoms with Gasteiger partial charge in [0, 0.05) is 19.2 Å². The van der Waals surface area contributed by atoms with Gasteiger partial charge in [-0.05, 0) is 12.0 Å². The summed E-state index contributed by atoms with van der Waals surface area (Å²) in [4.78, 5) is 14.0. The molecule has 0 bridgehead atoms. The van der Waals surface area contributed by atoms with Gasteiger partial charge in [-0.1, -0.05) is 60.7 Å². The first kappa shape index (κ1) is 19.4. The van der Waals surface area contributed by atoms with Crippen LogP contribution in [-0.4, -0.2) is 48.6 Å². The highest BCUT2D eigenvalue weighted by molar-refractivity contribution is 5.67. The summed E-state index contributed by atoms with van der Waals surface area (Å²) in [6.07, 6.45) is -1.81. The van der Waals surface area contributed by atoms with Crippen molar-refractivity contribution in [2.45, 2.75) is 31.5 Å². The third-order valence-corrected chi connectivity index (χ3v) is 4.50. The zero-order chi connectivity index (χ0) is 19.1. The van der Waals surface area contributed by atoms with Gasteiger partial charge in [0.2, 0.25) is 0 Å². The molecule has 1 saturated heterocycles. The third-order valence-electron chi connectivity index (χ3n) is 4.50. The Labute approximate surface area is 159 Å². The number of benzene rings is 2. The Bertz CT molecular complexity index is 709. The number of amides is 1. The van der Waals surface area contributed by atoms with E-state index in [1.165, 1.54) is 4.90 Å². The van der Waals surface area contributed by atoms with Gasteiger partial charge in [-0.2, -0.15) is 0 Å². The van der Waals surface area contributed by atoms with Gasteiger partial charge in [-0.25, -0.2) is 4.79 Å². The van der Waals surface area contributed by atoms with E-state index in [0.29, 0.717) is 13.0 Å². The van der Waals surface area contributed by atoms with E-state index in [1.807, 2.05) is 60.7 Å². The summed E-state index contributed by atoms with van der Waals surface area (Å²) < 4.78 is 16.9. The van der Waals surface area contributed by atoms with Crippen molar-refractivity contribution >= 4 is 6.09 Å². The van der Waals surface area contributed by atoms with Crippen molar-refractivity contribution in [3.63, 3.8) is 0 Å². The molecule has 1 aliphatic heterocycles. The lowest BCUT2D eigenvalue weighted by atomic mass is 10.1. The monoisotopic (exact) mass is 371 g/mol. The lowest BCUT2D eigenvalue weighted by Gasteiger charge is -2.35. The van der Waals surface area contributed by atoms with Gasteiger partial charge in [0.05, 0.1) is 12.7 Å². The van der Waals surface area contributed by atoms with Crippen molar-refractivity contribution in [3.8, 4) is 0 Å². The highest BCUT2D eigenvalue weighted by atomic mass is 16.6. The second kappa shape index (κ2) is 9.50. The molecule has 1 N–H and O–H groups in total. The number of hydrogen-bond donors (Lipinski definition) is 1. The normalized spacial score (nSPS) is 20.7. The molecule has 27 heavy (non-hydrogen) atoms. The first-order valence-electron chi connectivity index (χ1n) is 9.05. The maximum atomic E-state index is 12.6. The summed E-state index contributed by atoms with van der Waals surface area (Å²) in [5.74, 6) is 0. The SMILES string of the molecule is CN(C(=O)OCc1ccccc1)C(O[C@@H]1COCC[C@H]1O)c1ccccc1. The summed E-state index contributed by atoms with van der Waals surface area (Å²) in [5.41, 5.74) is 1.71. The van der Waals surface area contributed by atoms with Gasteiger partial charge in [0.25, 0.3) is 0 Å². The molecule has 1 aliphatic rings. The summed E-state index contributed by atoms with van der Waals surface area (Å²) in [6.45, 7) is 0.976. The zero-order valence-electron chi connectivity index (χ0n) is 15.4. The van der Waals surface area contributed by atoms with Gasteiger partial charge in [-0.15, -0.1) is 0 Å². The van der Waals surface area contributed by atoms with Gasteiger partial charge in [0.15, 0.2) is 6.23 Å². The van der Waals surface area contributed by atoms with E-state index >= 15 is 0 Å². The molecule has 1 unspecified atom stereocenters. The molecule has 2 aromatic carbocycles. The highest BCUT2D eigenvalue weighted by Gasteiger charge is 2.32. The van der Waals surface area contributed by atoms with Crippen LogP contribution in [0.1, 0.15) is 23.8 Å². The van der Waals surface area contributed by atoms with Crippen LogP contribution >= 0.6 is 0 Å². The molecule has 0 aromatic heterocycles. The molecule has 1 heterocycles. The summed E-state index contributed by atoms with van der Waals surface area (Å²) in [7, 11) is 1.63. The van der Waals surface area contributed by atoms with Crippen molar-refractivity contribution in [3.05, 3.63) is 71.8 Å². The average Bonchev–Trinajstić information content (AvgIpc) is 2.72. The standard InChI is InChI=1S/C21H25NO5/c1-22(21(24)26-14-16-8-4-2-5-9-16)20(17-10-6-3-7-11-17)27-19-15-25-13-12-18(19)23/h2-11,18-20,23H,12-15H2,1H3/t18-,19-,20?/m1/s1. The summed E-state index contributed by atoms with van der Waals surface area (Å²) >= 11 is 0. The average molecular weight is 371 g/mol. The molecule has 0 spiro atoms. The van der Waals surface area contributed by atoms with E-state index in [2.05, 4.69) is 0 Å². The van der Waals surface area contributed by atoms with E-state index in [9.17, 15) is 9.90 Å². The van der Waals surface area contributed by atoms with Crippen LogP contribution in [0.5, 0.6) is 0 Å². The fourth-order valence-electron chi connectivity index (χ4n) is 2.92. The summed E-state index contributed by atoms with van der Waals surface area (Å²) in [6, 6.07) is 18.9. The second-order valence-corrected chi connectivity index (χ2v) is 6.52.